The minimum Gasteiger partial charge on any atom is -0.392 e. The van der Waals surface area contributed by atoms with Crippen LogP contribution in [0.4, 0.5) is 0 Å². The molecule has 2 atom stereocenters. The van der Waals surface area contributed by atoms with Gasteiger partial charge in [-0.3, -0.25) is 5.32 Å². The molecule has 3 nitrogen and oxygen atoms in total. The van der Waals surface area contributed by atoms with Crippen LogP contribution in [0.3, 0.4) is 0 Å². The Labute approximate surface area is 66.9 Å². The van der Waals surface area contributed by atoms with E-state index in [0.29, 0.717) is 0 Å². The maximum atomic E-state index is 8.87. The van der Waals surface area contributed by atoms with E-state index in [-0.39, 0.29) is 12.6 Å². The van der Waals surface area contributed by atoms with Crippen molar-refractivity contribution < 1.29 is 10.2 Å². The number of hydrogen-bond donors (Lipinski definition) is 4. The van der Waals surface area contributed by atoms with Crippen LogP contribution in [0.5, 0.6) is 0 Å². The van der Waals surface area contributed by atoms with Crippen LogP contribution in [0, 0.1) is 0 Å². The standard InChI is InChI=1S/C6H15NO2S/c1-5(2-3-10)7-6(9)4-8/h5-10H,2-4H2,1H3. The lowest BCUT2D eigenvalue weighted by atomic mass is 10.2. The summed E-state index contributed by atoms with van der Waals surface area (Å²) < 4.78 is 0. The van der Waals surface area contributed by atoms with E-state index >= 15 is 0 Å². The molecule has 0 amide bonds. The van der Waals surface area contributed by atoms with Gasteiger partial charge in [0.2, 0.25) is 0 Å². The van der Waals surface area contributed by atoms with Gasteiger partial charge < -0.3 is 10.2 Å². The first kappa shape index (κ1) is 10.2. The summed E-state index contributed by atoms with van der Waals surface area (Å²) in [6.45, 7) is 1.70. The van der Waals surface area contributed by atoms with Gasteiger partial charge in [-0.2, -0.15) is 12.6 Å². The molecule has 0 radical (unpaired) electrons. The monoisotopic (exact) mass is 165 g/mol. The van der Waals surface area contributed by atoms with E-state index in [9.17, 15) is 0 Å². The molecule has 0 heterocycles. The minimum absolute atomic E-state index is 0.208. The van der Waals surface area contributed by atoms with Crippen molar-refractivity contribution in [3.05, 3.63) is 0 Å². The van der Waals surface area contributed by atoms with Crippen LogP contribution in [0.2, 0.25) is 0 Å². The Hall–Kier alpha value is 0.230. The minimum atomic E-state index is -0.796. The van der Waals surface area contributed by atoms with Crippen LogP contribution < -0.4 is 5.32 Å². The molecule has 62 valence electrons. The zero-order valence-corrected chi connectivity index (χ0v) is 7.01. The van der Waals surface area contributed by atoms with Gasteiger partial charge in [0.25, 0.3) is 0 Å². The summed E-state index contributed by atoms with van der Waals surface area (Å²) in [6.07, 6.45) is 0.0927. The van der Waals surface area contributed by atoms with E-state index in [4.69, 9.17) is 10.2 Å². The van der Waals surface area contributed by atoms with Crippen molar-refractivity contribution >= 4 is 12.6 Å². The van der Waals surface area contributed by atoms with Gasteiger partial charge >= 0.3 is 0 Å². The van der Waals surface area contributed by atoms with Crippen LogP contribution in [0.15, 0.2) is 0 Å². The molecule has 4 heteroatoms. The molecular weight excluding hydrogens is 150 g/mol. The number of nitrogens with one attached hydrogen (secondary N) is 1. The molecule has 0 saturated carbocycles. The van der Waals surface area contributed by atoms with Gasteiger partial charge in [-0.1, -0.05) is 0 Å². The van der Waals surface area contributed by atoms with Gasteiger partial charge in [0, 0.05) is 6.04 Å². The molecule has 0 aromatic heterocycles. The Bertz CT molecular complexity index is 82.1. The SMILES string of the molecule is CC(CCS)NC(O)CO. The largest absolute Gasteiger partial charge is 0.392 e. The van der Waals surface area contributed by atoms with E-state index in [2.05, 4.69) is 17.9 Å². The molecule has 0 aromatic carbocycles. The van der Waals surface area contributed by atoms with Crippen LogP contribution in [-0.2, 0) is 0 Å². The van der Waals surface area contributed by atoms with E-state index in [1.165, 1.54) is 0 Å². The molecule has 0 fully saturated rings. The highest BCUT2D eigenvalue weighted by Gasteiger charge is 2.05. The lowest BCUT2D eigenvalue weighted by molar-refractivity contribution is 0.0593. The third-order valence-electron chi connectivity index (χ3n) is 1.21. The van der Waals surface area contributed by atoms with Crippen molar-refractivity contribution in [2.24, 2.45) is 0 Å². The van der Waals surface area contributed by atoms with Crippen LogP contribution in [0.1, 0.15) is 13.3 Å². The molecule has 0 spiro atoms. The predicted molar refractivity (Wildman–Crippen MR) is 44.2 cm³/mol. The average Bonchev–Trinajstić information content (AvgIpc) is 1.88. The Morgan fingerprint density at radius 3 is 2.60 bits per heavy atom. The van der Waals surface area contributed by atoms with Crippen molar-refractivity contribution in [3.8, 4) is 0 Å². The van der Waals surface area contributed by atoms with E-state index < -0.39 is 6.23 Å². The summed E-state index contributed by atoms with van der Waals surface area (Å²) >= 11 is 4.03. The molecule has 3 N–H and O–H groups in total. The number of rotatable bonds is 5. The summed E-state index contributed by atoms with van der Waals surface area (Å²) in [5, 5.41) is 20.1. The summed E-state index contributed by atoms with van der Waals surface area (Å²) in [4.78, 5) is 0. The average molecular weight is 165 g/mol. The fourth-order valence-electron chi connectivity index (χ4n) is 0.658. The molecule has 10 heavy (non-hydrogen) atoms. The Balaban J connectivity index is 3.27. The van der Waals surface area contributed by atoms with Crippen molar-refractivity contribution in [2.45, 2.75) is 25.6 Å². The molecule has 0 aliphatic carbocycles. The van der Waals surface area contributed by atoms with Crippen molar-refractivity contribution in [1.82, 2.24) is 5.32 Å². The van der Waals surface area contributed by atoms with Crippen LogP contribution in [-0.4, -0.2) is 34.8 Å². The molecular formula is C6H15NO2S. The second kappa shape index (κ2) is 5.97. The molecule has 0 aromatic rings. The first-order chi connectivity index (χ1) is 4.70. The van der Waals surface area contributed by atoms with Crippen LogP contribution in [0.25, 0.3) is 0 Å². The van der Waals surface area contributed by atoms with Gasteiger partial charge in [-0.25, -0.2) is 0 Å². The second-order valence-corrected chi connectivity index (χ2v) is 2.73. The second-order valence-electron chi connectivity index (χ2n) is 2.28. The fourth-order valence-corrected chi connectivity index (χ4v) is 1.05. The van der Waals surface area contributed by atoms with Gasteiger partial charge in [-0.05, 0) is 19.1 Å². The number of aliphatic hydroxyl groups excluding tert-OH is 2. The van der Waals surface area contributed by atoms with Crippen molar-refractivity contribution in [1.29, 1.82) is 0 Å². The zero-order valence-electron chi connectivity index (χ0n) is 6.12. The highest BCUT2D eigenvalue weighted by atomic mass is 32.1. The molecule has 0 aliphatic heterocycles. The highest BCUT2D eigenvalue weighted by molar-refractivity contribution is 7.80. The van der Waals surface area contributed by atoms with Crippen molar-refractivity contribution in [3.63, 3.8) is 0 Å². The molecule has 2 unspecified atom stereocenters. The maximum absolute atomic E-state index is 8.87. The van der Waals surface area contributed by atoms with Crippen molar-refractivity contribution in [2.75, 3.05) is 12.4 Å². The van der Waals surface area contributed by atoms with E-state index in [0.717, 1.165) is 12.2 Å². The topological polar surface area (TPSA) is 52.5 Å². The normalized spacial score (nSPS) is 16.8. The lowest BCUT2D eigenvalue weighted by Crippen LogP contribution is -2.38. The Kier molecular flexibility index (Phi) is 6.11. The summed E-state index contributed by atoms with van der Waals surface area (Å²) in [6, 6.07) is 0.208. The Morgan fingerprint density at radius 2 is 2.20 bits per heavy atom. The van der Waals surface area contributed by atoms with Gasteiger partial charge in [-0.15, -0.1) is 0 Å². The van der Waals surface area contributed by atoms with Gasteiger partial charge in [0.15, 0.2) is 0 Å². The third kappa shape index (κ3) is 5.05. The van der Waals surface area contributed by atoms with E-state index in [1.54, 1.807) is 0 Å². The summed E-state index contributed by atoms with van der Waals surface area (Å²) in [5.74, 6) is 0.784. The highest BCUT2D eigenvalue weighted by Crippen LogP contribution is 1.93. The number of hydrogen-bond acceptors (Lipinski definition) is 4. The smallest absolute Gasteiger partial charge is 0.128 e. The fraction of sp³-hybridized carbons (Fsp3) is 1.00. The third-order valence-corrected chi connectivity index (χ3v) is 1.47. The zero-order chi connectivity index (χ0) is 7.98. The molecule has 0 saturated heterocycles. The number of aliphatic hydroxyl groups is 2. The predicted octanol–water partition coefficient (Wildman–Crippen LogP) is -0.405. The quantitative estimate of drug-likeness (QED) is 0.331. The molecule has 0 bridgehead atoms. The van der Waals surface area contributed by atoms with Gasteiger partial charge in [0.1, 0.15) is 6.23 Å². The first-order valence-corrected chi connectivity index (χ1v) is 3.99. The van der Waals surface area contributed by atoms with E-state index in [1.807, 2.05) is 6.92 Å². The molecule has 0 rings (SSSR count). The maximum Gasteiger partial charge on any atom is 0.128 e. The first-order valence-electron chi connectivity index (χ1n) is 3.36. The lowest BCUT2D eigenvalue weighted by Gasteiger charge is -2.15. The Morgan fingerprint density at radius 1 is 1.60 bits per heavy atom. The molecule has 0 aliphatic rings. The van der Waals surface area contributed by atoms with Gasteiger partial charge in [0.05, 0.1) is 6.61 Å². The summed E-state index contributed by atoms with van der Waals surface area (Å²) in [5.41, 5.74) is 0. The van der Waals surface area contributed by atoms with Crippen LogP contribution >= 0.6 is 12.6 Å². The number of thiol groups is 1. The summed E-state index contributed by atoms with van der Waals surface area (Å²) in [7, 11) is 0.